The number of nitrogens with zero attached hydrogens (tertiary/aromatic N) is 4. The van der Waals surface area contributed by atoms with E-state index < -0.39 is 0 Å². The molecule has 5 nitrogen and oxygen atoms in total. The smallest absolute Gasteiger partial charge is 0.183 e. The molecule has 1 aliphatic rings. The van der Waals surface area contributed by atoms with Crippen LogP contribution in [-0.2, 0) is 13.6 Å². The lowest BCUT2D eigenvalue weighted by molar-refractivity contribution is 0.360. The van der Waals surface area contributed by atoms with Gasteiger partial charge in [-0.1, -0.05) is 24.6 Å². The number of fused-ring (bicyclic) bond motifs is 1. The van der Waals surface area contributed by atoms with E-state index in [0.717, 1.165) is 30.9 Å². The summed E-state index contributed by atoms with van der Waals surface area (Å²) in [5, 5.41) is 9.49. The second kappa shape index (κ2) is 7.36. The van der Waals surface area contributed by atoms with E-state index in [1.165, 1.54) is 30.2 Å². The first-order chi connectivity index (χ1) is 11.3. The first-order valence-electron chi connectivity index (χ1n) is 8.48. The molecular formula is C18H24ClN5. The van der Waals surface area contributed by atoms with Gasteiger partial charge in [0.1, 0.15) is 6.33 Å². The van der Waals surface area contributed by atoms with Crippen molar-refractivity contribution in [2.45, 2.75) is 38.3 Å². The molecular weight excluding hydrogens is 322 g/mol. The average molecular weight is 346 g/mol. The minimum absolute atomic E-state index is 0. The summed E-state index contributed by atoms with van der Waals surface area (Å²) in [4.78, 5) is 4.53. The van der Waals surface area contributed by atoms with E-state index in [2.05, 4.69) is 52.4 Å². The highest BCUT2D eigenvalue weighted by molar-refractivity contribution is 5.94. The van der Waals surface area contributed by atoms with Crippen molar-refractivity contribution < 1.29 is 0 Å². The molecule has 1 saturated heterocycles. The summed E-state index contributed by atoms with van der Waals surface area (Å²) >= 11 is 0. The van der Waals surface area contributed by atoms with E-state index in [1.54, 1.807) is 0 Å². The van der Waals surface area contributed by atoms with Crippen LogP contribution in [0.2, 0.25) is 0 Å². The maximum absolute atomic E-state index is 4.69. The molecule has 6 heteroatoms. The van der Waals surface area contributed by atoms with Gasteiger partial charge in [-0.3, -0.25) is 4.68 Å². The highest BCUT2D eigenvalue weighted by atomic mass is 35.5. The SMILES string of the molecule is Cl.Cn1cc(-c2ncn(CCC3CCCCN3)n2)c2ccccc21. The van der Waals surface area contributed by atoms with Gasteiger partial charge in [-0.25, -0.2) is 4.98 Å². The van der Waals surface area contributed by atoms with Crippen LogP contribution in [0.5, 0.6) is 0 Å². The van der Waals surface area contributed by atoms with Crippen LogP contribution in [0.15, 0.2) is 36.8 Å². The molecule has 1 unspecified atom stereocenters. The lowest BCUT2D eigenvalue weighted by atomic mass is 10.0. The van der Waals surface area contributed by atoms with Gasteiger partial charge in [0, 0.05) is 42.3 Å². The van der Waals surface area contributed by atoms with Gasteiger partial charge in [-0.15, -0.1) is 12.4 Å². The third-order valence-electron chi connectivity index (χ3n) is 4.79. The van der Waals surface area contributed by atoms with Crippen molar-refractivity contribution in [3.8, 4) is 11.4 Å². The first kappa shape index (κ1) is 17.0. The Balaban J connectivity index is 0.00000169. The molecule has 1 atom stereocenters. The van der Waals surface area contributed by atoms with Crippen LogP contribution in [0.3, 0.4) is 0 Å². The summed E-state index contributed by atoms with van der Waals surface area (Å²) in [6.07, 6.45) is 9.04. The molecule has 4 rings (SSSR count). The number of aromatic nitrogens is 4. The van der Waals surface area contributed by atoms with Crippen molar-refractivity contribution in [1.29, 1.82) is 0 Å². The predicted octanol–water partition coefficient (Wildman–Crippen LogP) is 3.39. The molecule has 1 N–H and O–H groups in total. The fraction of sp³-hybridized carbons (Fsp3) is 0.444. The second-order valence-corrected chi connectivity index (χ2v) is 6.44. The Bertz CT molecular complexity index is 801. The summed E-state index contributed by atoms with van der Waals surface area (Å²) in [6.45, 7) is 2.08. The van der Waals surface area contributed by atoms with Gasteiger partial charge in [-0.2, -0.15) is 5.10 Å². The van der Waals surface area contributed by atoms with E-state index in [4.69, 9.17) is 5.10 Å². The molecule has 0 amide bonds. The number of aryl methyl sites for hydroxylation is 2. The van der Waals surface area contributed by atoms with Crippen molar-refractivity contribution in [2.75, 3.05) is 6.54 Å². The average Bonchev–Trinajstić information content (AvgIpc) is 3.19. The molecule has 0 bridgehead atoms. The van der Waals surface area contributed by atoms with E-state index in [0.29, 0.717) is 6.04 Å². The van der Waals surface area contributed by atoms with E-state index in [-0.39, 0.29) is 12.4 Å². The Morgan fingerprint density at radius 1 is 1.25 bits per heavy atom. The Labute approximate surface area is 148 Å². The van der Waals surface area contributed by atoms with Crippen LogP contribution in [-0.4, -0.2) is 31.9 Å². The number of para-hydroxylation sites is 1. The number of halogens is 1. The van der Waals surface area contributed by atoms with Crippen LogP contribution in [0, 0.1) is 0 Å². The fourth-order valence-corrected chi connectivity index (χ4v) is 3.50. The first-order valence-corrected chi connectivity index (χ1v) is 8.48. The zero-order valence-electron chi connectivity index (χ0n) is 14.0. The molecule has 3 heterocycles. The van der Waals surface area contributed by atoms with Gasteiger partial charge < -0.3 is 9.88 Å². The predicted molar refractivity (Wildman–Crippen MR) is 99.4 cm³/mol. The van der Waals surface area contributed by atoms with E-state index in [1.807, 2.05) is 11.0 Å². The molecule has 2 aromatic heterocycles. The highest BCUT2D eigenvalue weighted by Gasteiger charge is 2.14. The van der Waals surface area contributed by atoms with Gasteiger partial charge in [0.05, 0.1) is 0 Å². The number of hydrogen-bond acceptors (Lipinski definition) is 3. The van der Waals surface area contributed by atoms with Crippen molar-refractivity contribution in [3.63, 3.8) is 0 Å². The topological polar surface area (TPSA) is 47.7 Å². The largest absolute Gasteiger partial charge is 0.350 e. The van der Waals surface area contributed by atoms with E-state index in [9.17, 15) is 0 Å². The minimum atomic E-state index is 0. The Hall–Kier alpha value is -1.85. The van der Waals surface area contributed by atoms with Crippen molar-refractivity contribution >= 4 is 23.3 Å². The van der Waals surface area contributed by atoms with Crippen molar-refractivity contribution in [1.82, 2.24) is 24.6 Å². The van der Waals surface area contributed by atoms with Gasteiger partial charge in [0.25, 0.3) is 0 Å². The van der Waals surface area contributed by atoms with E-state index >= 15 is 0 Å². The summed E-state index contributed by atoms with van der Waals surface area (Å²) in [7, 11) is 2.07. The third-order valence-corrected chi connectivity index (χ3v) is 4.79. The van der Waals surface area contributed by atoms with Gasteiger partial charge in [0.2, 0.25) is 0 Å². The standard InChI is InChI=1S/C18H23N5.ClH/c1-22-12-16(15-7-2-3-8-17(15)22)18-20-13-23(21-18)11-9-14-6-4-5-10-19-14;/h2-3,7-8,12-14,19H,4-6,9-11H2,1H3;1H. The molecule has 3 aromatic rings. The zero-order chi connectivity index (χ0) is 15.6. The second-order valence-electron chi connectivity index (χ2n) is 6.44. The van der Waals surface area contributed by atoms with Crippen molar-refractivity contribution in [3.05, 3.63) is 36.8 Å². The molecule has 1 aliphatic heterocycles. The van der Waals surface area contributed by atoms with Crippen LogP contribution in [0.4, 0.5) is 0 Å². The number of nitrogens with one attached hydrogen (secondary N) is 1. The highest BCUT2D eigenvalue weighted by Crippen LogP contribution is 2.27. The number of benzene rings is 1. The fourth-order valence-electron chi connectivity index (χ4n) is 3.50. The summed E-state index contributed by atoms with van der Waals surface area (Å²) in [6, 6.07) is 9.03. The molecule has 128 valence electrons. The zero-order valence-corrected chi connectivity index (χ0v) is 14.8. The monoisotopic (exact) mass is 345 g/mol. The molecule has 1 fully saturated rings. The number of hydrogen-bond donors (Lipinski definition) is 1. The van der Waals surface area contributed by atoms with Crippen molar-refractivity contribution in [2.24, 2.45) is 7.05 Å². The molecule has 1 aromatic carbocycles. The minimum Gasteiger partial charge on any atom is -0.350 e. The number of rotatable bonds is 4. The summed E-state index contributed by atoms with van der Waals surface area (Å²) in [5.41, 5.74) is 2.32. The van der Waals surface area contributed by atoms with Gasteiger partial charge >= 0.3 is 0 Å². The molecule has 0 saturated carbocycles. The molecule has 0 aliphatic carbocycles. The van der Waals surface area contributed by atoms with Gasteiger partial charge in [0.15, 0.2) is 5.82 Å². The third kappa shape index (κ3) is 3.32. The van der Waals surface area contributed by atoms with Crippen LogP contribution in [0.1, 0.15) is 25.7 Å². The summed E-state index contributed by atoms with van der Waals surface area (Å²) < 4.78 is 4.12. The molecule has 0 radical (unpaired) electrons. The Morgan fingerprint density at radius 3 is 2.96 bits per heavy atom. The Kier molecular flexibility index (Phi) is 5.21. The molecule has 24 heavy (non-hydrogen) atoms. The summed E-state index contributed by atoms with van der Waals surface area (Å²) in [5.74, 6) is 0.818. The van der Waals surface area contributed by atoms with Crippen LogP contribution < -0.4 is 5.32 Å². The quantitative estimate of drug-likeness (QED) is 0.788. The Morgan fingerprint density at radius 2 is 2.12 bits per heavy atom. The number of piperidine rings is 1. The maximum Gasteiger partial charge on any atom is 0.183 e. The van der Waals surface area contributed by atoms with Gasteiger partial charge in [-0.05, 0) is 31.9 Å². The van der Waals surface area contributed by atoms with Crippen LogP contribution in [0.25, 0.3) is 22.3 Å². The lowest BCUT2D eigenvalue weighted by Gasteiger charge is -2.23. The normalized spacial score (nSPS) is 17.8. The molecule has 0 spiro atoms. The lowest BCUT2D eigenvalue weighted by Crippen LogP contribution is -2.34. The maximum atomic E-state index is 4.69. The van der Waals surface area contributed by atoms with Crippen LogP contribution >= 0.6 is 12.4 Å².